The Morgan fingerprint density at radius 1 is 1.38 bits per heavy atom. The summed E-state index contributed by atoms with van der Waals surface area (Å²) in [4.78, 5) is 37.4. The highest BCUT2D eigenvalue weighted by molar-refractivity contribution is 5.96. The van der Waals surface area contributed by atoms with Crippen molar-refractivity contribution in [3.8, 4) is 0 Å². The van der Waals surface area contributed by atoms with E-state index in [9.17, 15) is 19.5 Å². The molecule has 2 N–H and O–H groups in total. The minimum atomic E-state index is -0.860. The number of anilines is 1. The second-order valence-electron chi connectivity index (χ2n) is 7.02. The second-order valence-corrected chi connectivity index (χ2v) is 7.02. The van der Waals surface area contributed by atoms with Gasteiger partial charge in [-0.25, -0.2) is 0 Å². The van der Waals surface area contributed by atoms with E-state index in [1.165, 1.54) is 0 Å². The molecule has 1 fully saturated rings. The SMILES string of the molecule is C[C@@]1(C(=O)O)CCN(C(=O)CC[C@H]2Cc3ccccc3NC2=O)C1. The van der Waals surface area contributed by atoms with Gasteiger partial charge in [0.1, 0.15) is 0 Å². The largest absolute Gasteiger partial charge is 0.481 e. The third kappa shape index (κ3) is 3.13. The number of carboxylic acid groups (broad SMARTS) is 1. The van der Waals surface area contributed by atoms with Crippen molar-refractivity contribution in [3.05, 3.63) is 29.8 Å². The van der Waals surface area contributed by atoms with E-state index in [0.29, 0.717) is 25.8 Å². The van der Waals surface area contributed by atoms with E-state index in [1.807, 2.05) is 24.3 Å². The quantitative estimate of drug-likeness (QED) is 0.883. The molecule has 1 aromatic carbocycles. The van der Waals surface area contributed by atoms with E-state index >= 15 is 0 Å². The topological polar surface area (TPSA) is 86.7 Å². The Hall–Kier alpha value is -2.37. The first-order valence-corrected chi connectivity index (χ1v) is 8.29. The van der Waals surface area contributed by atoms with Crippen LogP contribution in [0.25, 0.3) is 0 Å². The van der Waals surface area contributed by atoms with E-state index in [0.717, 1.165) is 11.3 Å². The molecule has 2 amide bonds. The van der Waals surface area contributed by atoms with Crippen molar-refractivity contribution in [2.24, 2.45) is 11.3 Å². The Labute approximate surface area is 140 Å². The number of carboxylic acids is 1. The molecule has 2 atom stereocenters. The highest BCUT2D eigenvalue weighted by Crippen LogP contribution is 2.31. The number of likely N-dealkylation sites (tertiary alicyclic amines) is 1. The number of aliphatic carboxylic acids is 1. The van der Waals surface area contributed by atoms with Crippen LogP contribution in [0.15, 0.2) is 24.3 Å². The predicted molar refractivity (Wildman–Crippen MR) is 88.4 cm³/mol. The van der Waals surface area contributed by atoms with Crippen LogP contribution in [0.3, 0.4) is 0 Å². The van der Waals surface area contributed by atoms with Gasteiger partial charge in [-0.3, -0.25) is 14.4 Å². The van der Waals surface area contributed by atoms with Crippen LogP contribution in [0, 0.1) is 11.3 Å². The van der Waals surface area contributed by atoms with E-state index in [2.05, 4.69) is 5.32 Å². The third-order valence-corrected chi connectivity index (χ3v) is 5.16. The van der Waals surface area contributed by atoms with E-state index < -0.39 is 11.4 Å². The van der Waals surface area contributed by atoms with Crippen molar-refractivity contribution >= 4 is 23.5 Å². The molecule has 0 bridgehead atoms. The van der Waals surface area contributed by atoms with Gasteiger partial charge < -0.3 is 15.3 Å². The molecule has 0 spiro atoms. The normalized spacial score (nSPS) is 26.0. The zero-order chi connectivity index (χ0) is 17.3. The van der Waals surface area contributed by atoms with Crippen molar-refractivity contribution in [2.45, 2.75) is 32.6 Å². The van der Waals surface area contributed by atoms with Crippen LogP contribution >= 0.6 is 0 Å². The van der Waals surface area contributed by atoms with Gasteiger partial charge in [-0.15, -0.1) is 0 Å². The number of benzene rings is 1. The lowest BCUT2D eigenvalue weighted by Crippen LogP contribution is -2.36. The van der Waals surface area contributed by atoms with Gasteiger partial charge in [-0.1, -0.05) is 18.2 Å². The summed E-state index contributed by atoms with van der Waals surface area (Å²) in [5.74, 6) is -1.18. The Balaban J connectivity index is 1.56. The monoisotopic (exact) mass is 330 g/mol. The van der Waals surface area contributed by atoms with Crippen molar-refractivity contribution in [2.75, 3.05) is 18.4 Å². The highest BCUT2D eigenvalue weighted by atomic mass is 16.4. The predicted octanol–water partition coefficient (Wildman–Crippen LogP) is 1.90. The molecule has 3 rings (SSSR count). The van der Waals surface area contributed by atoms with Gasteiger partial charge in [0.2, 0.25) is 11.8 Å². The molecule has 2 heterocycles. The Bertz CT molecular complexity index is 687. The number of nitrogens with zero attached hydrogens (tertiary/aromatic N) is 1. The fourth-order valence-corrected chi connectivity index (χ4v) is 3.45. The summed E-state index contributed by atoms with van der Waals surface area (Å²) in [6.45, 7) is 2.40. The average molecular weight is 330 g/mol. The smallest absolute Gasteiger partial charge is 0.311 e. The fourth-order valence-electron chi connectivity index (χ4n) is 3.45. The number of fused-ring (bicyclic) bond motifs is 1. The van der Waals surface area contributed by atoms with Crippen LogP contribution in [0.5, 0.6) is 0 Å². The molecule has 0 radical (unpaired) electrons. The van der Waals surface area contributed by atoms with E-state index in [1.54, 1.807) is 11.8 Å². The molecular formula is C18H22N2O4. The molecule has 6 nitrogen and oxygen atoms in total. The van der Waals surface area contributed by atoms with Crippen molar-refractivity contribution in [3.63, 3.8) is 0 Å². The van der Waals surface area contributed by atoms with Gasteiger partial charge >= 0.3 is 5.97 Å². The number of para-hydroxylation sites is 1. The third-order valence-electron chi connectivity index (χ3n) is 5.16. The van der Waals surface area contributed by atoms with Gasteiger partial charge in [-0.05, 0) is 37.8 Å². The van der Waals surface area contributed by atoms with Gasteiger partial charge in [0.25, 0.3) is 0 Å². The molecule has 1 aromatic rings. The lowest BCUT2D eigenvalue weighted by molar-refractivity contribution is -0.147. The summed E-state index contributed by atoms with van der Waals surface area (Å²) < 4.78 is 0. The van der Waals surface area contributed by atoms with Gasteiger partial charge in [0, 0.05) is 31.1 Å². The lowest BCUT2D eigenvalue weighted by Gasteiger charge is -2.25. The standard InChI is InChI=1S/C18H22N2O4/c1-18(17(23)24)8-9-20(11-18)15(21)7-6-13-10-12-4-2-3-5-14(12)19-16(13)22/h2-5,13H,6-11H2,1H3,(H,19,22)(H,23,24)/t13-,18+/m0/s1. The number of nitrogens with one attached hydrogen (secondary N) is 1. The number of carbonyl (C=O) groups is 3. The number of hydrogen-bond donors (Lipinski definition) is 2. The first kappa shape index (κ1) is 16.5. The van der Waals surface area contributed by atoms with Crippen molar-refractivity contribution in [1.82, 2.24) is 4.90 Å². The molecule has 6 heteroatoms. The zero-order valence-corrected chi connectivity index (χ0v) is 13.7. The minimum absolute atomic E-state index is 0.0432. The number of amides is 2. The van der Waals surface area contributed by atoms with Gasteiger partial charge in [0.15, 0.2) is 0 Å². The molecule has 0 unspecified atom stereocenters. The van der Waals surface area contributed by atoms with Crippen molar-refractivity contribution in [1.29, 1.82) is 0 Å². The molecule has 1 saturated heterocycles. The Morgan fingerprint density at radius 3 is 2.83 bits per heavy atom. The lowest BCUT2D eigenvalue weighted by atomic mass is 9.89. The van der Waals surface area contributed by atoms with Crippen LogP contribution in [0.2, 0.25) is 0 Å². The molecule has 2 aliphatic heterocycles. The first-order valence-electron chi connectivity index (χ1n) is 8.29. The molecular weight excluding hydrogens is 308 g/mol. The summed E-state index contributed by atoms with van der Waals surface area (Å²) >= 11 is 0. The summed E-state index contributed by atoms with van der Waals surface area (Å²) in [6, 6.07) is 7.69. The average Bonchev–Trinajstić information content (AvgIpc) is 2.96. The van der Waals surface area contributed by atoms with Crippen LogP contribution in [-0.4, -0.2) is 40.9 Å². The number of rotatable bonds is 4. The maximum absolute atomic E-state index is 12.4. The van der Waals surface area contributed by atoms with E-state index in [4.69, 9.17) is 0 Å². The Morgan fingerprint density at radius 2 is 2.12 bits per heavy atom. The molecule has 128 valence electrons. The summed E-state index contributed by atoms with van der Waals surface area (Å²) in [5.41, 5.74) is 1.09. The Kier molecular flexibility index (Phi) is 4.30. The maximum Gasteiger partial charge on any atom is 0.311 e. The van der Waals surface area contributed by atoms with Gasteiger partial charge in [0.05, 0.1) is 5.41 Å². The fraction of sp³-hybridized carbons (Fsp3) is 0.500. The molecule has 0 aromatic heterocycles. The van der Waals surface area contributed by atoms with Crippen molar-refractivity contribution < 1.29 is 19.5 Å². The molecule has 2 aliphatic rings. The van der Waals surface area contributed by atoms with Crippen LogP contribution < -0.4 is 5.32 Å². The number of carbonyl (C=O) groups excluding carboxylic acids is 2. The summed E-state index contributed by atoms with van der Waals surface area (Å²) in [5, 5.41) is 12.1. The zero-order valence-electron chi connectivity index (χ0n) is 13.7. The van der Waals surface area contributed by atoms with E-state index in [-0.39, 0.29) is 30.7 Å². The summed E-state index contributed by atoms with van der Waals surface area (Å²) in [6.07, 6.45) is 1.88. The highest BCUT2D eigenvalue weighted by Gasteiger charge is 2.42. The molecule has 0 saturated carbocycles. The molecule has 24 heavy (non-hydrogen) atoms. The van der Waals surface area contributed by atoms with Gasteiger partial charge in [-0.2, -0.15) is 0 Å². The minimum Gasteiger partial charge on any atom is -0.481 e. The maximum atomic E-state index is 12.4. The van der Waals surface area contributed by atoms with Crippen LogP contribution in [0.4, 0.5) is 5.69 Å². The number of hydrogen-bond acceptors (Lipinski definition) is 3. The first-order chi connectivity index (χ1) is 11.4. The van der Waals surface area contributed by atoms with Crippen LogP contribution in [-0.2, 0) is 20.8 Å². The summed E-state index contributed by atoms with van der Waals surface area (Å²) in [7, 11) is 0. The second kappa shape index (κ2) is 6.26. The molecule has 0 aliphatic carbocycles. The van der Waals surface area contributed by atoms with Crippen LogP contribution in [0.1, 0.15) is 31.7 Å².